The largest absolute Gasteiger partial charge is 0.393 e. The van der Waals surface area contributed by atoms with Crippen LogP contribution >= 0.6 is 0 Å². The van der Waals surface area contributed by atoms with Crippen molar-refractivity contribution < 1.29 is 14.3 Å². The number of ether oxygens (including phenoxy) is 1. The van der Waals surface area contributed by atoms with Crippen LogP contribution in [-0.4, -0.2) is 11.9 Å². The van der Waals surface area contributed by atoms with Crippen molar-refractivity contribution in [2.45, 2.75) is 19.8 Å². The first kappa shape index (κ1) is 9.96. The summed E-state index contributed by atoms with van der Waals surface area (Å²) in [6.45, 7) is 7.31. The molecule has 0 bridgehead atoms. The van der Waals surface area contributed by atoms with E-state index in [1.165, 1.54) is 0 Å². The normalized spacial score (nSPS) is 23.2. The van der Waals surface area contributed by atoms with Gasteiger partial charge in [0.05, 0.1) is 12.3 Å². The Morgan fingerprint density at radius 2 is 2.38 bits per heavy atom. The van der Waals surface area contributed by atoms with Crippen LogP contribution in [0.5, 0.6) is 0 Å². The summed E-state index contributed by atoms with van der Waals surface area (Å²) in [5.74, 6) is -1.17. The van der Waals surface area contributed by atoms with Gasteiger partial charge in [-0.3, -0.25) is 9.59 Å². The second-order valence-corrected chi connectivity index (χ2v) is 3.22. The molecule has 1 aliphatic heterocycles. The Morgan fingerprint density at radius 3 is 2.85 bits per heavy atom. The van der Waals surface area contributed by atoms with Gasteiger partial charge in [0, 0.05) is 0 Å². The lowest BCUT2D eigenvalue weighted by Crippen LogP contribution is -2.05. The maximum atomic E-state index is 11.0. The first-order chi connectivity index (χ1) is 6.09. The number of allylic oxidation sites excluding steroid dienone is 2. The fourth-order valence-corrected chi connectivity index (χ4v) is 1.16. The van der Waals surface area contributed by atoms with Gasteiger partial charge in [0.15, 0.2) is 0 Å². The molecule has 0 aromatic rings. The molecular weight excluding hydrogens is 168 g/mol. The summed E-state index contributed by atoms with van der Waals surface area (Å²) in [5, 5.41) is 0. The van der Waals surface area contributed by atoms with Crippen LogP contribution in [0.1, 0.15) is 19.8 Å². The fraction of sp³-hybridized carbons (Fsp3) is 0.500. The molecule has 2 unspecified atom stereocenters. The highest BCUT2D eigenvalue weighted by molar-refractivity contribution is 5.94. The van der Waals surface area contributed by atoms with E-state index in [0.29, 0.717) is 6.42 Å². The van der Waals surface area contributed by atoms with Crippen LogP contribution in [0.25, 0.3) is 0 Å². The predicted octanol–water partition coefficient (Wildman–Crippen LogP) is 1.37. The van der Waals surface area contributed by atoms with Gasteiger partial charge >= 0.3 is 11.9 Å². The Morgan fingerprint density at radius 1 is 1.69 bits per heavy atom. The average molecular weight is 180 g/mol. The summed E-state index contributed by atoms with van der Waals surface area (Å²) in [6.07, 6.45) is 4.35. The highest BCUT2D eigenvalue weighted by Crippen LogP contribution is 2.19. The summed E-state index contributed by atoms with van der Waals surface area (Å²) in [6, 6.07) is 0. The van der Waals surface area contributed by atoms with Gasteiger partial charge in [0.2, 0.25) is 0 Å². The molecule has 13 heavy (non-hydrogen) atoms. The number of cyclic esters (lactones) is 2. The third-order valence-corrected chi connectivity index (χ3v) is 1.82. The zero-order valence-electron chi connectivity index (χ0n) is 7.53. The van der Waals surface area contributed by atoms with E-state index in [1.54, 1.807) is 6.08 Å². The Hall–Kier alpha value is -1.12. The highest BCUT2D eigenvalue weighted by atomic mass is 16.6. The van der Waals surface area contributed by atoms with E-state index in [9.17, 15) is 9.59 Å². The molecule has 2 radical (unpaired) electrons. The maximum absolute atomic E-state index is 11.0. The number of carbonyl (C=O) groups is 2. The molecule has 3 heteroatoms. The molecule has 1 rings (SSSR count). The number of esters is 2. The van der Waals surface area contributed by atoms with E-state index in [-0.39, 0.29) is 18.3 Å². The minimum Gasteiger partial charge on any atom is -0.393 e. The van der Waals surface area contributed by atoms with Crippen molar-refractivity contribution in [2.24, 2.45) is 11.8 Å². The van der Waals surface area contributed by atoms with Gasteiger partial charge in [-0.05, 0) is 19.3 Å². The standard InChI is InChI=1S/C10H12O3/c1-7(2)4-3-5-8-6-9(11)13-10(8)12/h1,3-4,7-8H,5-6H2,2H3/b4-3+. The molecule has 0 aromatic heterocycles. The number of hydrogen-bond donors (Lipinski definition) is 0. The zero-order chi connectivity index (χ0) is 9.84. The summed E-state index contributed by atoms with van der Waals surface area (Å²) in [5.41, 5.74) is 0. The minimum absolute atomic E-state index is 0.0203. The van der Waals surface area contributed by atoms with Crippen molar-refractivity contribution in [1.82, 2.24) is 0 Å². The molecule has 0 aliphatic carbocycles. The van der Waals surface area contributed by atoms with Gasteiger partial charge in [0.1, 0.15) is 0 Å². The topological polar surface area (TPSA) is 43.4 Å². The number of rotatable bonds is 3. The lowest BCUT2D eigenvalue weighted by molar-refractivity contribution is -0.153. The third-order valence-electron chi connectivity index (χ3n) is 1.82. The zero-order valence-corrected chi connectivity index (χ0v) is 7.53. The van der Waals surface area contributed by atoms with E-state index in [0.717, 1.165) is 0 Å². The molecule has 0 spiro atoms. The summed E-state index contributed by atoms with van der Waals surface area (Å²) < 4.78 is 4.39. The lowest BCUT2D eigenvalue weighted by atomic mass is 10.0. The molecule has 0 amide bonds. The van der Waals surface area contributed by atoms with Gasteiger partial charge in [-0.2, -0.15) is 0 Å². The summed E-state index contributed by atoms with van der Waals surface area (Å²) in [7, 11) is 0. The van der Waals surface area contributed by atoms with Crippen LogP contribution in [0.3, 0.4) is 0 Å². The average Bonchev–Trinajstić information content (AvgIpc) is 2.29. The van der Waals surface area contributed by atoms with Gasteiger partial charge < -0.3 is 4.74 Å². The lowest BCUT2D eigenvalue weighted by Gasteiger charge is -1.98. The quantitative estimate of drug-likeness (QED) is 0.374. The Bertz CT molecular complexity index is 241. The van der Waals surface area contributed by atoms with Crippen molar-refractivity contribution in [3.05, 3.63) is 19.1 Å². The van der Waals surface area contributed by atoms with Crippen LogP contribution in [0.2, 0.25) is 0 Å². The van der Waals surface area contributed by atoms with E-state index in [2.05, 4.69) is 4.74 Å². The maximum Gasteiger partial charge on any atom is 0.317 e. The number of carbonyl (C=O) groups excluding carboxylic acids is 2. The molecule has 2 atom stereocenters. The smallest absolute Gasteiger partial charge is 0.317 e. The third kappa shape index (κ3) is 3.01. The van der Waals surface area contributed by atoms with Gasteiger partial charge in [-0.15, -0.1) is 0 Å². The van der Waals surface area contributed by atoms with Gasteiger partial charge in [-0.25, -0.2) is 0 Å². The molecule has 1 saturated heterocycles. The molecular formula is C10H12O3. The van der Waals surface area contributed by atoms with Crippen molar-refractivity contribution in [2.75, 3.05) is 0 Å². The van der Waals surface area contributed by atoms with E-state index < -0.39 is 11.9 Å². The molecule has 1 aliphatic rings. The van der Waals surface area contributed by atoms with Crippen LogP contribution in [0.4, 0.5) is 0 Å². The van der Waals surface area contributed by atoms with Crippen LogP contribution in [-0.2, 0) is 14.3 Å². The molecule has 1 fully saturated rings. The van der Waals surface area contributed by atoms with E-state index >= 15 is 0 Å². The van der Waals surface area contributed by atoms with Crippen LogP contribution < -0.4 is 0 Å². The van der Waals surface area contributed by atoms with Gasteiger partial charge in [0.25, 0.3) is 0 Å². The second kappa shape index (κ2) is 4.21. The molecule has 3 nitrogen and oxygen atoms in total. The Labute approximate surface area is 77.8 Å². The van der Waals surface area contributed by atoms with Crippen molar-refractivity contribution in [3.8, 4) is 0 Å². The van der Waals surface area contributed by atoms with E-state index in [1.807, 2.05) is 13.0 Å². The molecule has 70 valence electrons. The van der Waals surface area contributed by atoms with Gasteiger partial charge in [-0.1, -0.05) is 19.1 Å². The van der Waals surface area contributed by atoms with Crippen molar-refractivity contribution >= 4 is 11.9 Å². The molecule has 0 N–H and O–H groups in total. The molecule has 1 heterocycles. The van der Waals surface area contributed by atoms with Crippen LogP contribution in [0, 0.1) is 18.8 Å². The predicted molar refractivity (Wildman–Crippen MR) is 46.4 cm³/mol. The monoisotopic (exact) mass is 180 g/mol. The minimum atomic E-state index is -0.427. The first-order valence-electron chi connectivity index (χ1n) is 4.26. The second-order valence-electron chi connectivity index (χ2n) is 3.22. The molecule has 0 saturated carbocycles. The van der Waals surface area contributed by atoms with Crippen LogP contribution in [0.15, 0.2) is 12.2 Å². The Balaban J connectivity index is 2.38. The fourth-order valence-electron chi connectivity index (χ4n) is 1.16. The number of hydrogen-bond acceptors (Lipinski definition) is 3. The Kier molecular flexibility index (Phi) is 3.23. The highest BCUT2D eigenvalue weighted by Gasteiger charge is 2.31. The molecule has 0 aromatic carbocycles. The summed E-state index contributed by atoms with van der Waals surface area (Å²) >= 11 is 0. The van der Waals surface area contributed by atoms with Crippen molar-refractivity contribution in [1.29, 1.82) is 0 Å². The van der Waals surface area contributed by atoms with Crippen molar-refractivity contribution in [3.63, 3.8) is 0 Å². The summed E-state index contributed by atoms with van der Waals surface area (Å²) in [4.78, 5) is 21.6. The SMILES string of the molecule is [CH]C(C)/C=C/CC1CC(=O)OC1=O. The first-order valence-corrected chi connectivity index (χ1v) is 4.26. The van der Waals surface area contributed by atoms with E-state index in [4.69, 9.17) is 6.92 Å².